The summed E-state index contributed by atoms with van der Waals surface area (Å²) in [4.78, 5) is 12.2. The lowest BCUT2D eigenvalue weighted by atomic mass is 10.0. The van der Waals surface area contributed by atoms with Gasteiger partial charge in [0.1, 0.15) is 6.10 Å². The second-order valence-electron chi connectivity index (χ2n) is 13.4. The van der Waals surface area contributed by atoms with E-state index in [0.717, 1.165) is 31.4 Å². The third-order valence-corrected chi connectivity index (χ3v) is 18.6. The summed E-state index contributed by atoms with van der Waals surface area (Å²) in [5.74, 6) is -0.160. The van der Waals surface area contributed by atoms with Gasteiger partial charge in [-0.2, -0.15) is 0 Å². The molecule has 0 amide bonds. The summed E-state index contributed by atoms with van der Waals surface area (Å²) in [6.45, 7) is 21.1. The van der Waals surface area contributed by atoms with Crippen LogP contribution in [-0.4, -0.2) is 53.6 Å². The van der Waals surface area contributed by atoms with Gasteiger partial charge >= 0.3 is 5.97 Å². The highest BCUT2D eigenvalue weighted by molar-refractivity contribution is 6.74. The second kappa shape index (κ2) is 15.5. The van der Waals surface area contributed by atoms with E-state index in [1.165, 1.54) is 56.7 Å². The maximum atomic E-state index is 12.2. The highest BCUT2D eigenvalue weighted by Crippen LogP contribution is 2.39. The van der Waals surface area contributed by atoms with Crippen molar-refractivity contribution in [2.75, 3.05) is 6.61 Å². The summed E-state index contributed by atoms with van der Waals surface area (Å²) in [6, 6.07) is 3.63. The van der Waals surface area contributed by atoms with Crippen molar-refractivity contribution >= 4 is 22.6 Å². The van der Waals surface area contributed by atoms with Crippen molar-refractivity contribution in [2.45, 2.75) is 173 Å². The van der Waals surface area contributed by atoms with Crippen LogP contribution in [0.15, 0.2) is 11.6 Å². The molecule has 0 aromatic rings. The van der Waals surface area contributed by atoms with Crippen molar-refractivity contribution in [3.63, 3.8) is 0 Å². The number of esters is 1. The maximum absolute atomic E-state index is 12.2. The molecule has 7 heteroatoms. The molecule has 4 atom stereocenters. The quantitative estimate of drug-likeness (QED) is 0.0938. The monoisotopic (exact) mass is 568 g/mol. The van der Waals surface area contributed by atoms with E-state index < -0.39 is 16.6 Å². The first-order valence-electron chi connectivity index (χ1n) is 15.7. The summed E-state index contributed by atoms with van der Waals surface area (Å²) in [6.07, 6.45) is 14.0. The highest BCUT2D eigenvalue weighted by atomic mass is 28.4. The average Bonchev–Trinajstić information content (AvgIpc) is 3.43. The SMILES string of the molecule is CC[Si](CC)(CC)OC[C@@H]1CC[C@H](CCCCCCC[C@H](CC2=C[C@H](C)OC2=O)O[Si](C)(C)C(C)(C)C)O1. The van der Waals surface area contributed by atoms with Gasteiger partial charge in [0.15, 0.2) is 16.6 Å². The van der Waals surface area contributed by atoms with Crippen molar-refractivity contribution in [2.24, 2.45) is 0 Å². The Morgan fingerprint density at radius 2 is 1.58 bits per heavy atom. The Kier molecular flexibility index (Phi) is 13.8. The van der Waals surface area contributed by atoms with Gasteiger partial charge in [-0.3, -0.25) is 0 Å². The standard InChI is InChI=1S/C31H60O5Si2/c1-10-38(11-2,12-3)33-24-29-21-20-27(35-29)18-16-14-13-15-17-19-28(36-37(8,9)31(5,6)7)23-26-22-25(4)34-30(26)32/h22,25,27-29H,10-21,23-24H2,1-9H3/t25-,27-,28+,29-/m0/s1. The minimum Gasteiger partial charge on any atom is -0.455 e. The molecule has 0 radical (unpaired) electrons. The Bertz CT molecular complexity index is 733. The van der Waals surface area contributed by atoms with Crippen LogP contribution >= 0.6 is 0 Å². The Morgan fingerprint density at radius 3 is 2.16 bits per heavy atom. The molecule has 2 aliphatic rings. The Hall–Kier alpha value is -0.476. The maximum Gasteiger partial charge on any atom is 0.334 e. The van der Waals surface area contributed by atoms with Crippen molar-refractivity contribution in [1.82, 2.24) is 0 Å². The van der Waals surface area contributed by atoms with Gasteiger partial charge in [-0.1, -0.05) is 73.6 Å². The lowest BCUT2D eigenvalue weighted by Crippen LogP contribution is -2.44. The molecular weight excluding hydrogens is 509 g/mol. The van der Waals surface area contributed by atoms with Crippen molar-refractivity contribution < 1.29 is 23.1 Å². The first kappa shape index (κ1) is 33.7. The molecule has 0 aromatic carbocycles. The fraction of sp³-hybridized carbons (Fsp3) is 0.903. The molecule has 0 N–H and O–H groups in total. The molecule has 38 heavy (non-hydrogen) atoms. The van der Waals surface area contributed by atoms with Crippen LogP contribution in [0.5, 0.6) is 0 Å². The van der Waals surface area contributed by atoms with Gasteiger partial charge in [-0.15, -0.1) is 0 Å². The zero-order valence-electron chi connectivity index (χ0n) is 26.3. The third-order valence-electron chi connectivity index (χ3n) is 9.46. The van der Waals surface area contributed by atoms with Crippen LogP contribution in [0.1, 0.15) is 113 Å². The van der Waals surface area contributed by atoms with Gasteiger partial charge in [0.05, 0.1) is 18.8 Å². The zero-order chi connectivity index (χ0) is 28.4. The topological polar surface area (TPSA) is 54.0 Å². The van der Waals surface area contributed by atoms with Crippen LogP contribution in [0.4, 0.5) is 0 Å². The lowest BCUT2D eigenvalue weighted by molar-refractivity contribution is -0.139. The Balaban J connectivity index is 1.68. The van der Waals surface area contributed by atoms with E-state index in [9.17, 15) is 4.79 Å². The molecule has 0 spiro atoms. The number of hydrogen-bond acceptors (Lipinski definition) is 5. The summed E-state index contributed by atoms with van der Waals surface area (Å²) < 4.78 is 24.9. The fourth-order valence-electron chi connectivity index (χ4n) is 5.54. The summed E-state index contributed by atoms with van der Waals surface area (Å²) >= 11 is 0. The second-order valence-corrected chi connectivity index (χ2v) is 22.9. The van der Waals surface area contributed by atoms with E-state index in [1.807, 2.05) is 13.0 Å². The van der Waals surface area contributed by atoms with Gasteiger partial charge in [-0.05, 0) is 74.9 Å². The first-order valence-corrected chi connectivity index (χ1v) is 21.2. The van der Waals surface area contributed by atoms with Crippen LogP contribution in [-0.2, 0) is 23.1 Å². The van der Waals surface area contributed by atoms with E-state index in [4.69, 9.17) is 18.3 Å². The third kappa shape index (κ3) is 10.5. The normalized spacial score (nSPS) is 23.6. The molecule has 222 valence electrons. The number of ether oxygens (including phenoxy) is 2. The molecule has 2 heterocycles. The van der Waals surface area contributed by atoms with Gasteiger partial charge in [0, 0.05) is 18.1 Å². The number of unbranched alkanes of at least 4 members (excludes halogenated alkanes) is 4. The number of carbonyl (C=O) groups is 1. The minimum absolute atomic E-state index is 0.0981. The number of hydrogen-bond donors (Lipinski definition) is 0. The van der Waals surface area contributed by atoms with E-state index in [1.54, 1.807) is 0 Å². The van der Waals surface area contributed by atoms with Gasteiger partial charge in [0.25, 0.3) is 0 Å². The number of cyclic esters (lactones) is 1. The smallest absolute Gasteiger partial charge is 0.334 e. The van der Waals surface area contributed by atoms with Gasteiger partial charge in [0.2, 0.25) is 0 Å². The summed E-state index contributed by atoms with van der Waals surface area (Å²) in [5.41, 5.74) is 0.800. The average molecular weight is 569 g/mol. The Labute approximate surface area is 237 Å². The molecule has 2 aliphatic heterocycles. The van der Waals surface area contributed by atoms with Crippen LogP contribution in [0.25, 0.3) is 0 Å². The van der Waals surface area contributed by atoms with E-state index in [0.29, 0.717) is 18.6 Å². The van der Waals surface area contributed by atoms with E-state index in [-0.39, 0.29) is 23.2 Å². The molecule has 0 aliphatic carbocycles. The molecule has 1 fully saturated rings. The van der Waals surface area contributed by atoms with Crippen LogP contribution in [0, 0.1) is 0 Å². The molecule has 0 unspecified atom stereocenters. The molecule has 0 bridgehead atoms. The predicted octanol–water partition coefficient (Wildman–Crippen LogP) is 8.94. The van der Waals surface area contributed by atoms with Gasteiger partial charge in [-0.25, -0.2) is 4.79 Å². The highest BCUT2D eigenvalue weighted by Gasteiger charge is 2.40. The molecule has 2 rings (SSSR count). The van der Waals surface area contributed by atoms with E-state index in [2.05, 4.69) is 54.6 Å². The zero-order valence-corrected chi connectivity index (χ0v) is 28.3. The molecular formula is C31H60O5Si2. The number of carbonyl (C=O) groups excluding carboxylic acids is 1. The largest absolute Gasteiger partial charge is 0.455 e. The number of rotatable bonds is 18. The van der Waals surface area contributed by atoms with E-state index >= 15 is 0 Å². The van der Waals surface area contributed by atoms with Crippen LogP contribution < -0.4 is 0 Å². The van der Waals surface area contributed by atoms with Crippen molar-refractivity contribution in [3.05, 3.63) is 11.6 Å². The van der Waals surface area contributed by atoms with Crippen molar-refractivity contribution in [1.29, 1.82) is 0 Å². The molecule has 1 saturated heterocycles. The lowest BCUT2D eigenvalue weighted by Gasteiger charge is -2.39. The Morgan fingerprint density at radius 1 is 0.974 bits per heavy atom. The molecule has 0 aromatic heterocycles. The summed E-state index contributed by atoms with van der Waals surface area (Å²) in [7, 11) is -3.42. The predicted molar refractivity (Wildman–Crippen MR) is 164 cm³/mol. The molecule has 0 saturated carbocycles. The van der Waals surface area contributed by atoms with Crippen LogP contribution in [0.2, 0.25) is 36.3 Å². The van der Waals surface area contributed by atoms with Crippen LogP contribution in [0.3, 0.4) is 0 Å². The molecule has 5 nitrogen and oxygen atoms in total. The van der Waals surface area contributed by atoms with Crippen molar-refractivity contribution in [3.8, 4) is 0 Å². The fourth-order valence-corrected chi connectivity index (χ4v) is 9.58. The van der Waals surface area contributed by atoms with Gasteiger partial charge < -0.3 is 18.3 Å². The minimum atomic E-state index is -1.90. The summed E-state index contributed by atoms with van der Waals surface area (Å²) in [5, 5.41) is 0.156. The first-order chi connectivity index (χ1) is 17.8.